The van der Waals surface area contributed by atoms with E-state index in [0.717, 1.165) is 16.9 Å². The van der Waals surface area contributed by atoms with Crippen molar-refractivity contribution in [3.05, 3.63) is 64.8 Å². The molecule has 0 spiro atoms. The van der Waals surface area contributed by atoms with E-state index in [1.165, 1.54) is 12.1 Å². The Labute approximate surface area is 161 Å². The third-order valence-electron chi connectivity index (χ3n) is 3.89. The SMILES string of the molecule is C=CCOc1ccc(NS(=O)(=O)c2ccc3c(c2)sc(=O)n3C(C)C)cc1. The third-order valence-corrected chi connectivity index (χ3v) is 6.18. The number of nitrogens with one attached hydrogen (secondary N) is 1. The molecule has 2 aromatic carbocycles. The van der Waals surface area contributed by atoms with E-state index in [1.807, 2.05) is 13.8 Å². The lowest BCUT2D eigenvalue weighted by Gasteiger charge is -2.10. The summed E-state index contributed by atoms with van der Waals surface area (Å²) in [5, 5.41) is 0. The van der Waals surface area contributed by atoms with Crippen LogP contribution in [0, 0.1) is 0 Å². The zero-order valence-corrected chi connectivity index (χ0v) is 16.6. The fraction of sp³-hybridized carbons (Fsp3) is 0.211. The van der Waals surface area contributed by atoms with Gasteiger partial charge in [-0.2, -0.15) is 0 Å². The normalized spacial score (nSPS) is 11.7. The lowest BCUT2D eigenvalue weighted by atomic mass is 10.3. The molecule has 0 fully saturated rings. The van der Waals surface area contributed by atoms with E-state index in [4.69, 9.17) is 4.74 Å². The highest BCUT2D eigenvalue weighted by atomic mass is 32.2. The molecular formula is C19H20N2O4S2. The molecule has 0 aliphatic rings. The Bertz CT molecular complexity index is 1130. The van der Waals surface area contributed by atoms with Gasteiger partial charge >= 0.3 is 4.87 Å². The Morgan fingerprint density at radius 2 is 1.93 bits per heavy atom. The summed E-state index contributed by atoms with van der Waals surface area (Å²) in [4.78, 5) is 12.1. The summed E-state index contributed by atoms with van der Waals surface area (Å²) in [7, 11) is -3.77. The molecule has 1 aromatic heterocycles. The van der Waals surface area contributed by atoms with Gasteiger partial charge in [-0.15, -0.1) is 0 Å². The fourth-order valence-corrected chi connectivity index (χ4v) is 4.87. The van der Waals surface area contributed by atoms with E-state index < -0.39 is 10.0 Å². The van der Waals surface area contributed by atoms with Crippen molar-refractivity contribution in [2.45, 2.75) is 24.8 Å². The molecule has 1 N–H and O–H groups in total. The molecule has 3 rings (SSSR count). The van der Waals surface area contributed by atoms with Gasteiger partial charge in [-0.3, -0.25) is 14.1 Å². The number of anilines is 1. The van der Waals surface area contributed by atoms with Crippen molar-refractivity contribution in [2.75, 3.05) is 11.3 Å². The van der Waals surface area contributed by atoms with Gasteiger partial charge in [0.05, 0.1) is 15.1 Å². The van der Waals surface area contributed by atoms with Crippen molar-refractivity contribution in [2.24, 2.45) is 0 Å². The second-order valence-electron chi connectivity index (χ2n) is 6.19. The van der Waals surface area contributed by atoms with E-state index in [9.17, 15) is 13.2 Å². The summed E-state index contributed by atoms with van der Waals surface area (Å²) in [6.45, 7) is 7.79. The van der Waals surface area contributed by atoms with Gasteiger partial charge in [0.15, 0.2) is 0 Å². The molecule has 0 radical (unpaired) electrons. The topological polar surface area (TPSA) is 77.4 Å². The molecule has 3 aromatic rings. The van der Waals surface area contributed by atoms with Crippen molar-refractivity contribution in [3.8, 4) is 5.75 Å². The fourth-order valence-electron chi connectivity index (χ4n) is 2.66. The average Bonchev–Trinajstić information content (AvgIpc) is 2.96. The predicted molar refractivity (Wildman–Crippen MR) is 109 cm³/mol. The van der Waals surface area contributed by atoms with E-state index in [2.05, 4.69) is 11.3 Å². The van der Waals surface area contributed by atoms with Gasteiger partial charge in [0.2, 0.25) is 0 Å². The maximum absolute atomic E-state index is 12.7. The lowest BCUT2D eigenvalue weighted by molar-refractivity contribution is 0.363. The molecule has 142 valence electrons. The van der Waals surface area contributed by atoms with Crippen LogP contribution in [0.3, 0.4) is 0 Å². The summed E-state index contributed by atoms with van der Waals surface area (Å²) >= 11 is 1.04. The van der Waals surface area contributed by atoms with E-state index in [0.29, 0.717) is 22.7 Å². The first-order valence-corrected chi connectivity index (χ1v) is 10.6. The number of hydrogen-bond acceptors (Lipinski definition) is 5. The number of thiazole rings is 1. The van der Waals surface area contributed by atoms with Crippen molar-refractivity contribution in [1.29, 1.82) is 0 Å². The standard InChI is InChI=1S/C19H20N2O4S2/c1-4-11-25-15-7-5-14(6-8-15)20-27(23,24)16-9-10-17-18(12-16)26-19(22)21(17)13(2)3/h4-10,12-13,20H,1,11H2,2-3H3. The minimum Gasteiger partial charge on any atom is -0.490 e. The van der Waals surface area contributed by atoms with Gasteiger partial charge in [0, 0.05) is 11.7 Å². The van der Waals surface area contributed by atoms with Crippen LogP contribution in [0.4, 0.5) is 5.69 Å². The molecule has 0 saturated carbocycles. The quantitative estimate of drug-likeness (QED) is 0.604. The molecule has 0 atom stereocenters. The number of nitrogens with zero attached hydrogens (tertiary/aromatic N) is 1. The van der Waals surface area contributed by atoms with E-state index in [-0.39, 0.29) is 15.8 Å². The van der Waals surface area contributed by atoms with Crippen LogP contribution >= 0.6 is 11.3 Å². The van der Waals surface area contributed by atoms with Gasteiger partial charge in [-0.1, -0.05) is 24.0 Å². The first kappa shape index (κ1) is 19.2. The number of sulfonamides is 1. The highest BCUT2D eigenvalue weighted by molar-refractivity contribution is 7.92. The second kappa shape index (κ2) is 7.58. The van der Waals surface area contributed by atoms with Crippen molar-refractivity contribution < 1.29 is 13.2 Å². The molecule has 0 saturated heterocycles. The van der Waals surface area contributed by atoms with E-state index >= 15 is 0 Å². The number of fused-ring (bicyclic) bond motifs is 1. The van der Waals surface area contributed by atoms with Crippen LogP contribution in [-0.4, -0.2) is 19.6 Å². The smallest absolute Gasteiger partial charge is 0.308 e. The van der Waals surface area contributed by atoms with Crippen LogP contribution in [0.25, 0.3) is 10.2 Å². The maximum atomic E-state index is 12.7. The molecule has 6 nitrogen and oxygen atoms in total. The first-order valence-electron chi connectivity index (χ1n) is 8.33. The molecule has 0 bridgehead atoms. The minimum atomic E-state index is -3.77. The Kier molecular flexibility index (Phi) is 5.38. The highest BCUT2D eigenvalue weighted by Gasteiger charge is 2.18. The maximum Gasteiger partial charge on any atom is 0.308 e. The van der Waals surface area contributed by atoms with Crippen molar-refractivity contribution in [3.63, 3.8) is 0 Å². The van der Waals surface area contributed by atoms with Gasteiger partial charge in [-0.25, -0.2) is 8.42 Å². The van der Waals surface area contributed by atoms with Gasteiger partial charge < -0.3 is 4.74 Å². The summed E-state index contributed by atoms with van der Waals surface area (Å²) in [6, 6.07) is 11.3. The average molecular weight is 405 g/mol. The Morgan fingerprint density at radius 3 is 2.56 bits per heavy atom. The zero-order valence-electron chi connectivity index (χ0n) is 15.0. The molecule has 0 unspecified atom stereocenters. The van der Waals surface area contributed by atoms with Gasteiger partial charge in [-0.05, 0) is 56.3 Å². The molecule has 1 heterocycles. The molecule has 0 aliphatic carbocycles. The lowest BCUT2D eigenvalue weighted by Crippen LogP contribution is -2.15. The van der Waals surface area contributed by atoms with Crippen LogP contribution in [0.5, 0.6) is 5.75 Å². The number of rotatable bonds is 7. The van der Waals surface area contributed by atoms with Gasteiger partial charge in [0.1, 0.15) is 12.4 Å². The highest BCUT2D eigenvalue weighted by Crippen LogP contribution is 2.25. The third kappa shape index (κ3) is 4.06. The molecule has 27 heavy (non-hydrogen) atoms. The van der Waals surface area contributed by atoms with E-state index in [1.54, 1.807) is 41.0 Å². The summed E-state index contributed by atoms with van der Waals surface area (Å²) in [6.07, 6.45) is 1.63. The number of benzene rings is 2. The summed E-state index contributed by atoms with van der Waals surface area (Å²) < 4.78 is 35.6. The molecule has 8 heteroatoms. The summed E-state index contributed by atoms with van der Waals surface area (Å²) in [5.74, 6) is 0.624. The zero-order chi connectivity index (χ0) is 19.6. The monoisotopic (exact) mass is 404 g/mol. The van der Waals surface area contributed by atoms with Crippen molar-refractivity contribution >= 4 is 37.3 Å². The summed E-state index contributed by atoms with van der Waals surface area (Å²) in [5.41, 5.74) is 1.16. The molecule has 0 aliphatic heterocycles. The van der Waals surface area contributed by atoms with Crippen LogP contribution in [0.1, 0.15) is 19.9 Å². The van der Waals surface area contributed by atoms with Gasteiger partial charge in [0.25, 0.3) is 10.0 Å². The van der Waals surface area contributed by atoms with Crippen LogP contribution < -0.4 is 14.3 Å². The van der Waals surface area contributed by atoms with Crippen LogP contribution in [0.15, 0.2) is 64.8 Å². The second-order valence-corrected chi connectivity index (χ2v) is 8.87. The number of aromatic nitrogens is 1. The van der Waals surface area contributed by atoms with Crippen LogP contribution in [-0.2, 0) is 10.0 Å². The Hall–Kier alpha value is -2.58. The molecular weight excluding hydrogens is 384 g/mol. The first-order chi connectivity index (χ1) is 12.8. The van der Waals surface area contributed by atoms with Crippen molar-refractivity contribution in [1.82, 2.24) is 4.57 Å². The molecule has 0 amide bonds. The number of ether oxygens (including phenoxy) is 1. The van der Waals surface area contributed by atoms with Crippen LogP contribution in [0.2, 0.25) is 0 Å². The number of hydrogen-bond donors (Lipinski definition) is 1. The largest absolute Gasteiger partial charge is 0.490 e. The Morgan fingerprint density at radius 1 is 1.22 bits per heavy atom. The minimum absolute atomic E-state index is 0.00801. The Balaban J connectivity index is 1.88. The predicted octanol–water partition coefficient (Wildman–Crippen LogP) is 4.01.